The third-order valence-corrected chi connectivity index (χ3v) is 6.28. The number of imide groups is 1. The van der Waals surface area contributed by atoms with Crippen molar-refractivity contribution in [2.75, 3.05) is 0 Å². The second-order valence-corrected chi connectivity index (χ2v) is 8.72. The molecule has 2 aromatic carbocycles. The molecule has 33 heavy (non-hydrogen) atoms. The lowest BCUT2D eigenvalue weighted by Gasteiger charge is -2.09. The molecule has 1 aliphatic rings. The minimum absolute atomic E-state index is 0.235. The van der Waals surface area contributed by atoms with Gasteiger partial charge in [-0.1, -0.05) is 23.9 Å². The van der Waals surface area contributed by atoms with Crippen molar-refractivity contribution in [3.05, 3.63) is 78.4 Å². The van der Waals surface area contributed by atoms with Crippen LogP contribution < -0.4 is 14.8 Å². The van der Waals surface area contributed by atoms with Crippen LogP contribution in [0.3, 0.4) is 0 Å². The van der Waals surface area contributed by atoms with Crippen LogP contribution in [-0.2, 0) is 24.9 Å². The number of carbonyl (C=O) groups is 2. The highest BCUT2D eigenvalue weighted by Gasteiger charge is 2.31. The number of nitrogens with one attached hydrogen (secondary N) is 1. The van der Waals surface area contributed by atoms with Gasteiger partial charge >= 0.3 is 0 Å². The predicted octanol–water partition coefficient (Wildman–Crippen LogP) is 4.23. The summed E-state index contributed by atoms with van der Waals surface area (Å²) in [7, 11) is 1.94. The highest BCUT2D eigenvalue weighted by atomic mass is 32.2. The maximum atomic E-state index is 11.7. The normalized spacial score (nSPS) is 15.6. The second-order valence-electron chi connectivity index (χ2n) is 7.55. The van der Waals surface area contributed by atoms with Crippen LogP contribution in [0, 0.1) is 0 Å². The predicted molar refractivity (Wildman–Crippen MR) is 124 cm³/mol. The van der Waals surface area contributed by atoms with Gasteiger partial charge in [-0.3, -0.25) is 19.9 Å². The molecular weight excluding hydrogens is 440 g/mol. The first kappa shape index (κ1) is 21.0. The molecule has 1 fully saturated rings. The fourth-order valence-electron chi connectivity index (χ4n) is 3.57. The lowest BCUT2D eigenvalue weighted by molar-refractivity contribution is -0.118. The Morgan fingerprint density at radius 1 is 1.06 bits per heavy atom. The number of amides is 2. The van der Waals surface area contributed by atoms with Gasteiger partial charge in [0.05, 0.1) is 22.5 Å². The molecule has 1 aliphatic heterocycles. The SMILES string of the molecule is Cn1c(COc2ccc(CC3SC(=O)NC3=O)cc2)nc2ccc(Oc3cccnc3)cc21. The number of aryl methyl sites for hydroxylation is 1. The summed E-state index contributed by atoms with van der Waals surface area (Å²) in [5, 5.41) is 1.64. The van der Waals surface area contributed by atoms with Gasteiger partial charge in [0.25, 0.3) is 5.24 Å². The number of thioether (sulfide) groups is 1. The molecule has 3 heterocycles. The van der Waals surface area contributed by atoms with Crippen LogP contribution in [0.4, 0.5) is 4.79 Å². The number of imidazole rings is 1. The topological polar surface area (TPSA) is 95.3 Å². The van der Waals surface area contributed by atoms with E-state index in [2.05, 4.69) is 15.3 Å². The summed E-state index contributed by atoms with van der Waals surface area (Å²) in [6.07, 6.45) is 3.86. The average molecular weight is 461 g/mol. The molecule has 0 aliphatic carbocycles. The number of nitrogens with zero attached hydrogens (tertiary/aromatic N) is 3. The zero-order chi connectivity index (χ0) is 22.8. The Kier molecular flexibility index (Phi) is 5.70. The van der Waals surface area contributed by atoms with E-state index in [1.807, 2.05) is 66.2 Å². The number of pyridine rings is 1. The lowest BCUT2D eigenvalue weighted by atomic mass is 10.1. The third kappa shape index (κ3) is 4.68. The van der Waals surface area contributed by atoms with Crippen LogP contribution >= 0.6 is 11.8 Å². The van der Waals surface area contributed by atoms with Crippen LogP contribution in [0.5, 0.6) is 17.2 Å². The monoisotopic (exact) mass is 460 g/mol. The van der Waals surface area contributed by atoms with Gasteiger partial charge in [-0.15, -0.1) is 0 Å². The van der Waals surface area contributed by atoms with Crippen molar-refractivity contribution >= 4 is 33.9 Å². The van der Waals surface area contributed by atoms with E-state index < -0.39 is 0 Å². The first-order chi connectivity index (χ1) is 16.0. The molecule has 4 aromatic rings. The minimum atomic E-state index is -0.378. The van der Waals surface area contributed by atoms with Crippen molar-refractivity contribution in [1.29, 1.82) is 0 Å². The summed E-state index contributed by atoms with van der Waals surface area (Å²) in [5.74, 6) is 2.62. The smallest absolute Gasteiger partial charge is 0.286 e. The minimum Gasteiger partial charge on any atom is -0.486 e. The Bertz CT molecular complexity index is 1320. The summed E-state index contributed by atoms with van der Waals surface area (Å²) < 4.78 is 13.8. The third-order valence-electron chi connectivity index (χ3n) is 5.29. The van der Waals surface area contributed by atoms with Crippen molar-refractivity contribution in [2.45, 2.75) is 18.3 Å². The van der Waals surface area contributed by atoms with Crippen molar-refractivity contribution in [3.63, 3.8) is 0 Å². The van der Waals surface area contributed by atoms with Crippen molar-refractivity contribution < 1.29 is 19.1 Å². The van der Waals surface area contributed by atoms with E-state index >= 15 is 0 Å². The molecule has 2 aromatic heterocycles. The molecule has 0 radical (unpaired) electrons. The molecular formula is C24H20N4O4S. The zero-order valence-electron chi connectivity index (χ0n) is 17.7. The number of fused-ring (bicyclic) bond motifs is 1. The Morgan fingerprint density at radius 3 is 2.61 bits per heavy atom. The second kappa shape index (κ2) is 8.95. The van der Waals surface area contributed by atoms with Crippen LogP contribution in [0.1, 0.15) is 11.4 Å². The standard InChI is InChI=1S/C24H20N4O4S/c1-28-20-12-17(32-18-3-2-10-25-13-18)8-9-19(20)26-22(28)14-31-16-6-4-15(5-7-16)11-21-23(29)27-24(30)33-21/h2-10,12-13,21H,11,14H2,1H3,(H,27,29,30). The molecule has 1 saturated heterocycles. The summed E-state index contributed by atoms with van der Waals surface area (Å²) in [6.45, 7) is 0.304. The van der Waals surface area contributed by atoms with Crippen LogP contribution in [0.15, 0.2) is 67.0 Å². The molecule has 8 nitrogen and oxygen atoms in total. The number of hydrogen-bond acceptors (Lipinski definition) is 7. The number of carbonyl (C=O) groups excluding carboxylic acids is 2. The molecule has 166 valence electrons. The Hall–Kier alpha value is -3.85. The Balaban J connectivity index is 1.24. The van der Waals surface area contributed by atoms with Gasteiger partial charge in [-0.2, -0.15) is 0 Å². The average Bonchev–Trinajstić information content (AvgIpc) is 3.31. The molecule has 1 atom stereocenters. The van der Waals surface area contributed by atoms with Crippen molar-refractivity contribution in [2.24, 2.45) is 7.05 Å². The fraction of sp³-hybridized carbons (Fsp3) is 0.167. The van der Waals surface area contributed by atoms with Gasteiger partial charge in [-0.25, -0.2) is 4.98 Å². The quantitative estimate of drug-likeness (QED) is 0.441. The van der Waals surface area contributed by atoms with E-state index in [1.165, 1.54) is 0 Å². The molecule has 1 unspecified atom stereocenters. The van der Waals surface area contributed by atoms with E-state index in [-0.39, 0.29) is 16.4 Å². The summed E-state index contributed by atoms with van der Waals surface area (Å²) in [5.41, 5.74) is 2.76. The summed E-state index contributed by atoms with van der Waals surface area (Å²) in [6, 6.07) is 16.9. The number of rotatable bonds is 7. The van der Waals surface area contributed by atoms with Gasteiger partial charge in [0, 0.05) is 19.3 Å². The zero-order valence-corrected chi connectivity index (χ0v) is 18.5. The molecule has 2 amide bonds. The van der Waals surface area contributed by atoms with Gasteiger partial charge in [0.1, 0.15) is 29.7 Å². The van der Waals surface area contributed by atoms with Crippen molar-refractivity contribution in [1.82, 2.24) is 19.9 Å². The van der Waals surface area contributed by atoms with E-state index in [0.29, 0.717) is 30.3 Å². The first-order valence-corrected chi connectivity index (χ1v) is 11.2. The summed E-state index contributed by atoms with van der Waals surface area (Å²) in [4.78, 5) is 31.8. The molecule has 0 saturated carbocycles. The Morgan fingerprint density at radius 2 is 1.88 bits per heavy atom. The molecule has 5 rings (SSSR count). The summed E-state index contributed by atoms with van der Waals surface area (Å²) >= 11 is 1.03. The van der Waals surface area contributed by atoms with Gasteiger partial charge in [0.15, 0.2) is 0 Å². The first-order valence-electron chi connectivity index (χ1n) is 10.3. The fourth-order valence-corrected chi connectivity index (χ4v) is 4.43. The number of hydrogen-bond donors (Lipinski definition) is 1. The molecule has 9 heteroatoms. The highest BCUT2D eigenvalue weighted by molar-refractivity contribution is 8.15. The van der Waals surface area contributed by atoms with E-state index in [1.54, 1.807) is 12.4 Å². The van der Waals surface area contributed by atoms with E-state index in [9.17, 15) is 9.59 Å². The molecule has 1 N–H and O–H groups in total. The van der Waals surface area contributed by atoms with Crippen molar-refractivity contribution in [3.8, 4) is 17.2 Å². The maximum absolute atomic E-state index is 11.7. The largest absolute Gasteiger partial charge is 0.486 e. The van der Waals surface area contributed by atoms with Gasteiger partial charge in [-0.05, 0) is 48.4 Å². The van der Waals surface area contributed by atoms with Gasteiger partial charge in [0.2, 0.25) is 5.91 Å². The van der Waals surface area contributed by atoms with Crippen LogP contribution in [0.25, 0.3) is 11.0 Å². The van der Waals surface area contributed by atoms with E-state index in [0.717, 1.165) is 34.2 Å². The number of benzene rings is 2. The maximum Gasteiger partial charge on any atom is 0.286 e. The van der Waals surface area contributed by atoms with Crippen LogP contribution in [0.2, 0.25) is 0 Å². The van der Waals surface area contributed by atoms with Crippen LogP contribution in [-0.4, -0.2) is 30.9 Å². The number of ether oxygens (including phenoxy) is 2. The van der Waals surface area contributed by atoms with Gasteiger partial charge < -0.3 is 14.0 Å². The Labute approximate surface area is 193 Å². The van der Waals surface area contributed by atoms with E-state index in [4.69, 9.17) is 9.47 Å². The lowest BCUT2D eigenvalue weighted by Crippen LogP contribution is -2.25. The molecule has 0 spiro atoms. The number of aromatic nitrogens is 3. The molecule has 0 bridgehead atoms. The highest BCUT2D eigenvalue weighted by Crippen LogP contribution is 2.27.